The van der Waals surface area contributed by atoms with Gasteiger partial charge in [0.05, 0.1) is 23.3 Å². The Morgan fingerprint density at radius 3 is 2.72 bits per heavy atom. The molecule has 0 saturated heterocycles. The number of benzene rings is 1. The molecule has 5 heterocycles. The molecule has 0 fully saturated rings. The van der Waals surface area contributed by atoms with Crippen LogP contribution >= 0.6 is 0 Å². The number of anilines is 2. The van der Waals surface area contributed by atoms with Crippen molar-refractivity contribution in [3.63, 3.8) is 0 Å². The lowest BCUT2D eigenvalue weighted by Crippen LogP contribution is -2.03. The summed E-state index contributed by atoms with van der Waals surface area (Å²) < 4.78 is 32.2. The minimum Gasteiger partial charge on any atom is -0.309 e. The van der Waals surface area contributed by atoms with Crippen molar-refractivity contribution in [1.82, 2.24) is 44.1 Å². The Morgan fingerprint density at radius 1 is 1.00 bits per heavy atom. The Kier molecular flexibility index (Phi) is 5.17. The summed E-state index contributed by atoms with van der Waals surface area (Å²) in [5, 5.41) is 20.2. The average molecular weight is 484 g/mol. The van der Waals surface area contributed by atoms with Crippen molar-refractivity contribution in [2.24, 2.45) is 7.05 Å². The number of hydrogen-bond acceptors (Lipinski definition) is 7. The lowest BCUT2D eigenvalue weighted by Gasteiger charge is -2.08. The minimum atomic E-state index is -0.765. The molecule has 0 spiro atoms. The quantitative estimate of drug-likeness (QED) is 0.379. The van der Waals surface area contributed by atoms with Gasteiger partial charge < -0.3 is 5.32 Å². The second-order valence-electron chi connectivity index (χ2n) is 7.94. The first-order valence-electron chi connectivity index (χ1n) is 10.9. The normalized spacial score (nSPS) is 11.3. The Hall–Kier alpha value is -5.00. The maximum atomic E-state index is 13.9. The monoisotopic (exact) mass is 484 g/mol. The number of aromatic nitrogens is 9. The lowest BCUT2D eigenvalue weighted by atomic mass is 10.2. The van der Waals surface area contributed by atoms with Crippen LogP contribution in [0.15, 0.2) is 73.2 Å². The maximum Gasteiger partial charge on any atom is 0.228 e. The van der Waals surface area contributed by atoms with Gasteiger partial charge in [0.2, 0.25) is 5.95 Å². The predicted octanol–water partition coefficient (Wildman–Crippen LogP) is 4.12. The summed E-state index contributed by atoms with van der Waals surface area (Å²) in [5.74, 6) is 1.20. The van der Waals surface area contributed by atoms with Gasteiger partial charge >= 0.3 is 0 Å². The van der Waals surface area contributed by atoms with Crippen molar-refractivity contribution < 1.29 is 8.78 Å². The average Bonchev–Trinajstić information content (AvgIpc) is 3.62. The van der Waals surface area contributed by atoms with E-state index in [4.69, 9.17) is 0 Å². The van der Waals surface area contributed by atoms with Gasteiger partial charge in [0, 0.05) is 31.1 Å². The zero-order chi connectivity index (χ0) is 24.6. The third-order valence-corrected chi connectivity index (χ3v) is 5.60. The van der Waals surface area contributed by atoms with Crippen LogP contribution in [0.4, 0.5) is 20.5 Å². The summed E-state index contributed by atoms with van der Waals surface area (Å²) in [4.78, 5) is 8.87. The molecular formula is C24H18F2N10. The maximum absolute atomic E-state index is 13.9. The molecule has 1 N–H and O–H groups in total. The van der Waals surface area contributed by atoms with E-state index in [1.165, 1.54) is 16.8 Å². The third kappa shape index (κ3) is 3.83. The van der Waals surface area contributed by atoms with E-state index in [2.05, 4.69) is 35.7 Å². The van der Waals surface area contributed by atoms with Crippen LogP contribution in [0.5, 0.6) is 0 Å². The zero-order valence-electron chi connectivity index (χ0n) is 18.9. The van der Waals surface area contributed by atoms with Crippen LogP contribution in [-0.2, 0) is 13.7 Å². The van der Waals surface area contributed by atoms with Gasteiger partial charge in [0.15, 0.2) is 11.5 Å². The van der Waals surface area contributed by atoms with Crippen LogP contribution in [0.25, 0.3) is 34.1 Å². The Labute approximate surface area is 202 Å². The molecule has 178 valence electrons. The molecule has 0 radical (unpaired) electrons. The van der Waals surface area contributed by atoms with Crippen molar-refractivity contribution >= 4 is 17.4 Å². The molecule has 36 heavy (non-hydrogen) atoms. The standard InChI is InChI=1S/C24H18F2N10/c1-34-21(6-9-28-34)30-24-27-8-5-19(29-24)15-7-10-35-22(11-15)31-32-23(35)20-13-17(14-25)33-36(20)18-4-2-3-16(26)12-18/h2-13H,14H2,1H3,(H,27,29,30). The predicted molar refractivity (Wildman–Crippen MR) is 128 cm³/mol. The minimum absolute atomic E-state index is 0.206. The summed E-state index contributed by atoms with van der Waals surface area (Å²) in [7, 11) is 1.82. The number of halogens is 2. The molecule has 0 aliphatic rings. The molecule has 6 aromatic rings. The number of rotatable bonds is 6. The van der Waals surface area contributed by atoms with Crippen LogP contribution in [0.1, 0.15) is 5.69 Å². The van der Waals surface area contributed by atoms with E-state index < -0.39 is 12.5 Å². The first-order chi connectivity index (χ1) is 17.6. The van der Waals surface area contributed by atoms with E-state index in [1.807, 2.05) is 25.2 Å². The van der Waals surface area contributed by atoms with Crippen LogP contribution in [-0.4, -0.2) is 44.1 Å². The van der Waals surface area contributed by atoms with E-state index >= 15 is 0 Å². The molecular weight excluding hydrogens is 466 g/mol. The SMILES string of the molecule is Cn1nccc1Nc1nccc(-c2ccn3c(-c4cc(CF)nn4-c4cccc(F)c4)nnc3c2)n1. The highest BCUT2D eigenvalue weighted by molar-refractivity contribution is 5.68. The number of aryl methyl sites for hydroxylation is 1. The van der Waals surface area contributed by atoms with E-state index in [0.717, 1.165) is 11.4 Å². The Morgan fingerprint density at radius 2 is 1.92 bits per heavy atom. The zero-order valence-corrected chi connectivity index (χ0v) is 18.9. The smallest absolute Gasteiger partial charge is 0.228 e. The van der Waals surface area contributed by atoms with E-state index in [9.17, 15) is 8.78 Å². The van der Waals surface area contributed by atoms with Crippen molar-refractivity contribution in [2.75, 3.05) is 5.32 Å². The van der Waals surface area contributed by atoms with Crippen molar-refractivity contribution in [3.05, 3.63) is 84.7 Å². The van der Waals surface area contributed by atoms with Gasteiger partial charge in [-0.25, -0.2) is 23.4 Å². The summed E-state index contributed by atoms with van der Waals surface area (Å²) in [6.07, 6.45) is 5.14. The van der Waals surface area contributed by atoms with Gasteiger partial charge in [-0.15, -0.1) is 10.2 Å². The molecule has 5 aromatic heterocycles. The van der Waals surface area contributed by atoms with Crippen molar-refractivity contribution in [1.29, 1.82) is 0 Å². The third-order valence-electron chi connectivity index (χ3n) is 5.60. The molecule has 0 saturated carbocycles. The van der Waals surface area contributed by atoms with Crippen LogP contribution in [0.2, 0.25) is 0 Å². The topological polar surface area (TPSA) is 104 Å². The second kappa shape index (κ2) is 8.65. The number of nitrogens with one attached hydrogen (secondary N) is 1. The highest BCUT2D eigenvalue weighted by Crippen LogP contribution is 2.26. The summed E-state index contributed by atoms with van der Waals surface area (Å²) in [6.45, 7) is -0.765. The highest BCUT2D eigenvalue weighted by atomic mass is 19.1. The summed E-state index contributed by atoms with van der Waals surface area (Å²) in [5.41, 5.74) is 3.19. The summed E-state index contributed by atoms with van der Waals surface area (Å²) in [6, 6.07) is 14.8. The molecule has 10 nitrogen and oxygen atoms in total. The van der Waals surface area contributed by atoms with Gasteiger partial charge in [-0.1, -0.05) is 6.07 Å². The molecule has 6 rings (SSSR count). The van der Waals surface area contributed by atoms with Crippen LogP contribution < -0.4 is 5.32 Å². The molecule has 0 aliphatic heterocycles. The van der Waals surface area contributed by atoms with Crippen molar-refractivity contribution in [2.45, 2.75) is 6.67 Å². The number of fused-ring (bicyclic) bond motifs is 1. The van der Waals surface area contributed by atoms with E-state index in [1.54, 1.807) is 51.9 Å². The fourth-order valence-corrected chi connectivity index (χ4v) is 3.88. The number of pyridine rings is 1. The fourth-order valence-electron chi connectivity index (χ4n) is 3.88. The van der Waals surface area contributed by atoms with E-state index in [-0.39, 0.29) is 5.69 Å². The Bertz CT molecular complexity index is 1700. The Balaban J connectivity index is 1.38. The van der Waals surface area contributed by atoms with E-state index in [0.29, 0.717) is 34.5 Å². The number of alkyl halides is 1. The van der Waals surface area contributed by atoms with Gasteiger partial charge in [-0.2, -0.15) is 10.2 Å². The first kappa shape index (κ1) is 21.5. The molecule has 0 atom stereocenters. The molecule has 0 bridgehead atoms. The number of nitrogens with zero attached hydrogens (tertiary/aromatic N) is 9. The highest BCUT2D eigenvalue weighted by Gasteiger charge is 2.18. The largest absolute Gasteiger partial charge is 0.309 e. The molecule has 1 aromatic carbocycles. The fraction of sp³-hybridized carbons (Fsp3) is 0.0833. The van der Waals surface area contributed by atoms with Gasteiger partial charge in [0.1, 0.15) is 24.0 Å². The van der Waals surface area contributed by atoms with Gasteiger partial charge in [-0.05, 0) is 42.5 Å². The van der Waals surface area contributed by atoms with Gasteiger partial charge in [0.25, 0.3) is 0 Å². The van der Waals surface area contributed by atoms with Crippen LogP contribution in [0.3, 0.4) is 0 Å². The molecule has 0 unspecified atom stereocenters. The molecule has 0 amide bonds. The molecule has 0 aliphatic carbocycles. The number of hydrogen-bond donors (Lipinski definition) is 1. The van der Waals surface area contributed by atoms with Crippen LogP contribution in [0, 0.1) is 5.82 Å². The summed E-state index contributed by atoms with van der Waals surface area (Å²) >= 11 is 0. The molecule has 12 heteroatoms. The van der Waals surface area contributed by atoms with Crippen molar-refractivity contribution in [3.8, 4) is 28.5 Å². The van der Waals surface area contributed by atoms with Gasteiger partial charge in [-0.3, -0.25) is 9.08 Å². The first-order valence-corrected chi connectivity index (χ1v) is 10.9. The second-order valence-corrected chi connectivity index (χ2v) is 7.94. The lowest BCUT2D eigenvalue weighted by molar-refractivity contribution is 0.473.